The average Bonchev–Trinajstić information content (AvgIpc) is 3.34. The summed E-state index contributed by atoms with van der Waals surface area (Å²) in [7, 11) is 4.72. The van der Waals surface area contributed by atoms with Gasteiger partial charge < -0.3 is 32.8 Å². The Hall–Kier alpha value is -2.97. The molecule has 0 unspecified atom stereocenters. The highest BCUT2D eigenvalue weighted by Crippen LogP contribution is 2.40. The monoisotopic (exact) mass is 532 g/mol. The van der Waals surface area contributed by atoms with Crippen molar-refractivity contribution in [2.24, 2.45) is 0 Å². The zero-order valence-electron chi connectivity index (χ0n) is 21.7. The summed E-state index contributed by atoms with van der Waals surface area (Å²) in [5, 5.41) is 9.38. The fourth-order valence-corrected chi connectivity index (χ4v) is 4.34. The Bertz CT molecular complexity index is 1150. The van der Waals surface area contributed by atoms with Crippen LogP contribution >= 0.6 is 12.0 Å². The quantitative estimate of drug-likeness (QED) is 0.252. The van der Waals surface area contributed by atoms with E-state index in [0.29, 0.717) is 52.9 Å². The Morgan fingerprint density at radius 1 is 0.946 bits per heavy atom. The Kier molecular flexibility index (Phi) is 9.52. The van der Waals surface area contributed by atoms with Crippen LogP contribution in [0.1, 0.15) is 25.3 Å². The van der Waals surface area contributed by atoms with Crippen molar-refractivity contribution in [1.82, 2.24) is 24.7 Å². The predicted octanol–water partition coefficient (Wildman–Crippen LogP) is 3.30. The number of methoxy groups -OCH3 is 2. The molecule has 0 saturated carbocycles. The van der Waals surface area contributed by atoms with Gasteiger partial charge in [-0.15, -0.1) is 10.2 Å². The molecule has 4 rings (SSSR count). The van der Waals surface area contributed by atoms with Crippen LogP contribution in [0.25, 0.3) is 17.1 Å². The Morgan fingerprint density at radius 3 is 2.24 bits per heavy atom. The molecule has 1 aromatic carbocycles. The first-order chi connectivity index (χ1) is 18.1. The van der Waals surface area contributed by atoms with Crippen molar-refractivity contribution >= 4 is 18.0 Å². The van der Waals surface area contributed by atoms with Gasteiger partial charge >= 0.3 is 0 Å². The van der Waals surface area contributed by atoms with Gasteiger partial charge in [0, 0.05) is 33.4 Å². The smallest absolute Gasteiger partial charge is 0.225 e. The Balaban J connectivity index is 1.81. The van der Waals surface area contributed by atoms with Gasteiger partial charge in [0.25, 0.3) is 0 Å². The molecule has 0 spiro atoms. The maximum atomic E-state index is 5.94. The SMILES string of the molecule is COCOc1cc(OCOC)c(C(C)C)cc1-c1nnc(SOC)n1-c1cnc(N2CCOCC2)nc1. The normalized spacial score (nSPS) is 13.8. The van der Waals surface area contributed by atoms with Crippen LogP contribution < -0.4 is 14.4 Å². The molecule has 37 heavy (non-hydrogen) atoms. The number of anilines is 1. The van der Waals surface area contributed by atoms with Gasteiger partial charge in [-0.25, -0.2) is 9.97 Å². The van der Waals surface area contributed by atoms with E-state index in [-0.39, 0.29) is 19.5 Å². The van der Waals surface area contributed by atoms with Crippen LogP contribution in [-0.2, 0) is 18.4 Å². The van der Waals surface area contributed by atoms with Gasteiger partial charge in [0.05, 0.1) is 56.0 Å². The van der Waals surface area contributed by atoms with E-state index in [0.717, 1.165) is 30.7 Å². The van der Waals surface area contributed by atoms with E-state index >= 15 is 0 Å². The van der Waals surface area contributed by atoms with Crippen molar-refractivity contribution in [2.45, 2.75) is 24.9 Å². The van der Waals surface area contributed by atoms with Crippen molar-refractivity contribution in [3.63, 3.8) is 0 Å². The molecule has 0 atom stereocenters. The molecule has 0 N–H and O–H groups in total. The van der Waals surface area contributed by atoms with E-state index in [1.165, 1.54) is 0 Å². The molecular weight excluding hydrogens is 500 g/mol. The van der Waals surface area contributed by atoms with Crippen LogP contribution in [0.5, 0.6) is 11.5 Å². The van der Waals surface area contributed by atoms with E-state index in [4.69, 9.17) is 27.9 Å². The fourth-order valence-electron chi connectivity index (χ4n) is 3.86. The van der Waals surface area contributed by atoms with Crippen molar-refractivity contribution in [3.05, 3.63) is 30.1 Å². The largest absolute Gasteiger partial charge is 0.467 e. The van der Waals surface area contributed by atoms with Gasteiger partial charge in [0.2, 0.25) is 11.1 Å². The number of nitrogens with zero attached hydrogens (tertiary/aromatic N) is 6. The van der Waals surface area contributed by atoms with Gasteiger partial charge in [-0.1, -0.05) is 13.8 Å². The molecule has 2 aromatic heterocycles. The Morgan fingerprint density at radius 2 is 1.62 bits per heavy atom. The minimum absolute atomic E-state index is 0.0446. The molecule has 1 aliphatic rings. The van der Waals surface area contributed by atoms with Crippen LogP contribution in [0.2, 0.25) is 0 Å². The third-order valence-electron chi connectivity index (χ3n) is 5.61. The first-order valence-electron chi connectivity index (χ1n) is 11.8. The standard InChI is InChI=1S/C24H32N6O6S/c1-16(2)18-10-19(21(36-15-32-4)11-20(18)35-14-31-3)22-27-28-24(37-33-5)30(22)17-12-25-23(26-13-17)29-6-8-34-9-7-29/h10-13,16H,6-9,14-15H2,1-5H3. The number of aromatic nitrogens is 5. The average molecular weight is 533 g/mol. The number of hydrogen-bond donors (Lipinski definition) is 0. The molecule has 0 bridgehead atoms. The molecule has 0 radical (unpaired) electrons. The lowest BCUT2D eigenvalue weighted by Gasteiger charge is -2.26. The number of ether oxygens (including phenoxy) is 5. The van der Waals surface area contributed by atoms with Gasteiger partial charge in [-0.05, 0) is 17.5 Å². The van der Waals surface area contributed by atoms with E-state index in [9.17, 15) is 0 Å². The van der Waals surface area contributed by atoms with E-state index < -0.39 is 0 Å². The van der Waals surface area contributed by atoms with E-state index in [1.807, 2.05) is 16.7 Å². The van der Waals surface area contributed by atoms with Crippen LogP contribution in [0.3, 0.4) is 0 Å². The van der Waals surface area contributed by atoms with Crippen LogP contribution in [0.4, 0.5) is 5.95 Å². The number of morpholine rings is 1. The maximum absolute atomic E-state index is 5.94. The molecule has 1 fully saturated rings. The maximum Gasteiger partial charge on any atom is 0.225 e. The molecule has 3 aromatic rings. The van der Waals surface area contributed by atoms with Crippen molar-refractivity contribution in [1.29, 1.82) is 0 Å². The zero-order valence-corrected chi connectivity index (χ0v) is 22.5. The summed E-state index contributed by atoms with van der Waals surface area (Å²) >= 11 is 1.09. The molecular formula is C24H32N6O6S. The fraction of sp³-hybridized carbons (Fsp3) is 0.500. The third kappa shape index (κ3) is 6.30. The van der Waals surface area contributed by atoms with E-state index in [2.05, 4.69) is 38.9 Å². The minimum atomic E-state index is 0.0446. The lowest BCUT2D eigenvalue weighted by Crippen LogP contribution is -2.37. The van der Waals surface area contributed by atoms with Crippen molar-refractivity contribution < 1.29 is 27.9 Å². The number of hydrogen-bond acceptors (Lipinski definition) is 12. The predicted molar refractivity (Wildman–Crippen MR) is 137 cm³/mol. The van der Waals surface area contributed by atoms with Gasteiger partial charge in [-0.3, -0.25) is 4.57 Å². The lowest BCUT2D eigenvalue weighted by atomic mass is 9.98. The number of benzene rings is 1. The first kappa shape index (κ1) is 27.1. The molecule has 3 heterocycles. The summed E-state index contributed by atoms with van der Waals surface area (Å²) in [4.78, 5) is 11.3. The summed E-state index contributed by atoms with van der Waals surface area (Å²) in [6.07, 6.45) is 3.50. The topological polar surface area (TPSA) is 115 Å². The van der Waals surface area contributed by atoms with Crippen molar-refractivity contribution in [2.75, 3.05) is 66.1 Å². The van der Waals surface area contributed by atoms with Crippen LogP contribution in [-0.4, -0.2) is 86.0 Å². The highest BCUT2D eigenvalue weighted by atomic mass is 32.2. The lowest BCUT2D eigenvalue weighted by molar-refractivity contribution is 0.0457. The van der Waals surface area contributed by atoms with E-state index in [1.54, 1.807) is 33.7 Å². The molecule has 13 heteroatoms. The molecule has 1 aliphatic heterocycles. The Labute approximate surface area is 220 Å². The molecule has 200 valence electrons. The van der Waals surface area contributed by atoms with Gasteiger partial charge in [0.1, 0.15) is 11.5 Å². The second-order valence-electron chi connectivity index (χ2n) is 8.37. The molecule has 12 nitrogen and oxygen atoms in total. The zero-order chi connectivity index (χ0) is 26.2. The van der Waals surface area contributed by atoms with Crippen LogP contribution in [0, 0.1) is 0 Å². The van der Waals surface area contributed by atoms with Gasteiger partial charge in [-0.2, -0.15) is 0 Å². The van der Waals surface area contributed by atoms with Crippen LogP contribution in [0.15, 0.2) is 29.7 Å². The summed E-state index contributed by atoms with van der Waals surface area (Å²) in [6.45, 7) is 7.13. The summed E-state index contributed by atoms with van der Waals surface area (Å²) in [5.41, 5.74) is 2.35. The summed E-state index contributed by atoms with van der Waals surface area (Å²) in [5.74, 6) is 2.51. The summed E-state index contributed by atoms with van der Waals surface area (Å²) < 4.78 is 34.7. The highest BCUT2D eigenvalue weighted by Gasteiger charge is 2.24. The molecule has 0 aliphatic carbocycles. The minimum Gasteiger partial charge on any atom is -0.467 e. The first-order valence-corrected chi connectivity index (χ1v) is 12.5. The third-order valence-corrected chi connectivity index (χ3v) is 6.19. The van der Waals surface area contributed by atoms with Gasteiger partial charge in [0.15, 0.2) is 19.4 Å². The second-order valence-corrected chi connectivity index (χ2v) is 9.24. The highest BCUT2D eigenvalue weighted by molar-refractivity contribution is 7.94. The molecule has 0 amide bonds. The second kappa shape index (κ2) is 13.0. The summed E-state index contributed by atoms with van der Waals surface area (Å²) in [6, 6.07) is 3.81. The molecule has 1 saturated heterocycles. The number of rotatable bonds is 12. The van der Waals surface area contributed by atoms with Crippen molar-refractivity contribution in [3.8, 4) is 28.6 Å².